The van der Waals surface area contributed by atoms with Gasteiger partial charge in [-0.05, 0) is 51.0 Å². The fourth-order valence-corrected chi connectivity index (χ4v) is 2.66. The lowest BCUT2D eigenvalue weighted by Crippen LogP contribution is -2.19. The van der Waals surface area contributed by atoms with E-state index in [0.29, 0.717) is 5.56 Å². The van der Waals surface area contributed by atoms with Crippen LogP contribution in [0.5, 0.6) is 0 Å². The summed E-state index contributed by atoms with van der Waals surface area (Å²) in [5, 5.41) is 3.29. The first-order chi connectivity index (χ1) is 10.6. The molecular formula is C17H20N4O. The highest BCUT2D eigenvalue weighted by molar-refractivity contribution is 5.94. The Bertz CT molecular complexity index is 676. The largest absolute Gasteiger partial charge is 0.356 e. The molecule has 5 nitrogen and oxygen atoms in total. The normalized spacial score (nSPS) is 14.2. The van der Waals surface area contributed by atoms with Crippen LogP contribution in [0, 0.1) is 6.92 Å². The van der Waals surface area contributed by atoms with E-state index in [-0.39, 0.29) is 5.78 Å². The summed E-state index contributed by atoms with van der Waals surface area (Å²) in [6.07, 6.45) is 2.44. The van der Waals surface area contributed by atoms with Gasteiger partial charge in [-0.2, -0.15) is 0 Å². The third-order valence-electron chi connectivity index (χ3n) is 3.82. The minimum absolute atomic E-state index is 0.0701. The molecule has 1 aromatic heterocycles. The quantitative estimate of drug-likeness (QED) is 0.877. The second kappa shape index (κ2) is 6.13. The van der Waals surface area contributed by atoms with Gasteiger partial charge >= 0.3 is 0 Å². The molecular weight excluding hydrogens is 276 g/mol. The SMILES string of the molecule is CC(=O)c1ccc(Nc2cc(N3CCCC3)nc(C)n2)cc1. The van der Waals surface area contributed by atoms with Gasteiger partial charge in [0.1, 0.15) is 17.5 Å². The van der Waals surface area contributed by atoms with Crippen LogP contribution in [-0.4, -0.2) is 28.8 Å². The molecule has 0 saturated carbocycles. The van der Waals surface area contributed by atoms with E-state index in [9.17, 15) is 4.79 Å². The zero-order valence-electron chi connectivity index (χ0n) is 13.0. The number of hydrogen-bond donors (Lipinski definition) is 1. The summed E-state index contributed by atoms with van der Waals surface area (Å²) in [5.74, 6) is 2.59. The Morgan fingerprint density at radius 1 is 1.14 bits per heavy atom. The van der Waals surface area contributed by atoms with Crippen LogP contribution < -0.4 is 10.2 Å². The molecule has 1 saturated heterocycles. The van der Waals surface area contributed by atoms with E-state index in [2.05, 4.69) is 20.2 Å². The van der Waals surface area contributed by atoms with Crippen molar-refractivity contribution in [3.05, 3.63) is 41.7 Å². The lowest BCUT2D eigenvalue weighted by Gasteiger charge is -2.17. The Labute approximate surface area is 130 Å². The standard InChI is InChI=1S/C17H20N4O/c1-12(22)14-5-7-15(8-6-14)20-16-11-17(19-13(2)18-16)21-9-3-4-10-21/h5-8,11H,3-4,9-10H2,1-2H3,(H,18,19,20). The number of aryl methyl sites for hydroxylation is 1. The fraction of sp³-hybridized carbons (Fsp3) is 0.353. The van der Waals surface area contributed by atoms with Crippen molar-refractivity contribution in [2.45, 2.75) is 26.7 Å². The number of hydrogen-bond acceptors (Lipinski definition) is 5. The Balaban J connectivity index is 1.80. The molecule has 3 rings (SSSR count). The van der Waals surface area contributed by atoms with Crippen LogP contribution in [0.3, 0.4) is 0 Å². The molecule has 5 heteroatoms. The molecule has 2 heterocycles. The molecule has 2 aromatic rings. The molecule has 0 spiro atoms. The molecule has 0 aliphatic carbocycles. The van der Waals surface area contributed by atoms with Crippen molar-refractivity contribution >= 4 is 23.1 Å². The molecule has 1 N–H and O–H groups in total. The number of carbonyl (C=O) groups is 1. The van der Waals surface area contributed by atoms with Crippen LogP contribution in [0.1, 0.15) is 35.9 Å². The Morgan fingerprint density at radius 2 is 1.82 bits per heavy atom. The third kappa shape index (κ3) is 3.24. The summed E-state index contributed by atoms with van der Waals surface area (Å²) in [5.41, 5.74) is 1.62. The van der Waals surface area contributed by atoms with Crippen LogP contribution in [0.25, 0.3) is 0 Å². The Morgan fingerprint density at radius 3 is 2.45 bits per heavy atom. The summed E-state index contributed by atoms with van der Waals surface area (Å²) in [7, 11) is 0. The zero-order valence-corrected chi connectivity index (χ0v) is 13.0. The molecule has 0 radical (unpaired) electrons. The second-order valence-electron chi connectivity index (χ2n) is 5.61. The van der Waals surface area contributed by atoms with E-state index >= 15 is 0 Å². The number of benzene rings is 1. The van der Waals surface area contributed by atoms with Gasteiger partial charge in [-0.25, -0.2) is 9.97 Å². The highest BCUT2D eigenvalue weighted by Crippen LogP contribution is 2.23. The van der Waals surface area contributed by atoms with E-state index < -0.39 is 0 Å². The molecule has 1 aliphatic rings. The van der Waals surface area contributed by atoms with E-state index in [1.165, 1.54) is 12.8 Å². The van der Waals surface area contributed by atoms with E-state index in [1.807, 2.05) is 37.3 Å². The number of carbonyl (C=O) groups excluding carboxylic acids is 1. The molecule has 1 aromatic carbocycles. The van der Waals surface area contributed by atoms with Crippen LogP contribution >= 0.6 is 0 Å². The van der Waals surface area contributed by atoms with E-state index in [4.69, 9.17) is 0 Å². The van der Waals surface area contributed by atoms with Gasteiger partial charge in [-0.1, -0.05) is 0 Å². The lowest BCUT2D eigenvalue weighted by molar-refractivity contribution is 0.101. The van der Waals surface area contributed by atoms with Crippen molar-refractivity contribution in [2.24, 2.45) is 0 Å². The van der Waals surface area contributed by atoms with Gasteiger partial charge in [0.15, 0.2) is 5.78 Å². The number of Topliss-reactive ketones (excluding diaryl/α,β-unsaturated/α-hetero) is 1. The topological polar surface area (TPSA) is 58.1 Å². The average Bonchev–Trinajstić information content (AvgIpc) is 3.01. The zero-order chi connectivity index (χ0) is 15.5. The third-order valence-corrected chi connectivity index (χ3v) is 3.82. The van der Waals surface area contributed by atoms with Crippen molar-refractivity contribution in [2.75, 3.05) is 23.3 Å². The smallest absolute Gasteiger partial charge is 0.159 e. The van der Waals surface area contributed by atoms with Crippen molar-refractivity contribution in [3.63, 3.8) is 0 Å². The minimum atomic E-state index is 0.0701. The predicted octanol–water partition coefficient (Wildman–Crippen LogP) is 3.33. The average molecular weight is 296 g/mol. The highest BCUT2D eigenvalue weighted by atomic mass is 16.1. The van der Waals surface area contributed by atoms with Crippen molar-refractivity contribution in [1.82, 2.24) is 9.97 Å². The number of ketones is 1. The van der Waals surface area contributed by atoms with E-state index in [1.54, 1.807) is 6.92 Å². The maximum Gasteiger partial charge on any atom is 0.159 e. The Kier molecular flexibility index (Phi) is 4.04. The molecule has 22 heavy (non-hydrogen) atoms. The summed E-state index contributed by atoms with van der Waals surface area (Å²) < 4.78 is 0. The molecule has 1 fully saturated rings. The van der Waals surface area contributed by atoms with Gasteiger partial charge < -0.3 is 10.2 Å². The maximum atomic E-state index is 11.3. The van der Waals surface area contributed by atoms with Crippen molar-refractivity contribution in [3.8, 4) is 0 Å². The van der Waals surface area contributed by atoms with Gasteiger partial charge in [0.05, 0.1) is 0 Å². The summed E-state index contributed by atoms with van der Waals surface area (Å²) in [6.45, 7) is 5.59. The molecule has 114 valence electrons. The molecule has 1 aliphatic heterocycles. The van der Waals surface area contributed by atoms with Crippen molar-refractivity contribution in [1.29, 1.82) is 0 Å². The Hall–Kier alpha value is -2.43. The fourth-order valence-electron chi connectivity index (χ4n) is 2.66. The van der Waals surface area contributed by atoms with Crippen LogP contribution in [-0.2, 0) is 0 Å². The van der Waals surface area contributed by atoms with Crippen LogP contribution in [0.15, 0.2) is 30.3 Å². The van der Waals surface area contributed by atoms with Crippen molar-refractivity contribution < 1.29 is 4.79 Å². The summed E-state index contributed by atoms with van der Waals surface area (Å²) >= 11 is 0. The van der Waals surface area contributed by atoms with Gasteiger partial charge in [-0.3, -0.25) is 4.79 Å². The van der Waals surface area contributed by atoms with Gasteiger partial charge in [0, 0.05) is 30.4 Å². The molecule has 0 amide bonds. The number of rotatable bonds is 4. The summed E-state index contributed by atoms with van der Waals surface area (Å²) in [6, 6.07) is 9.41. The second-order valence-corrected chi connectivity index (χ2v) is 5.61. The maximum absolute atomic E-state index is 11.3. The van der Waals surface area contributed by atoms with Gasteiger partial charge in [-0.15, -0.1) is 0 Å². The molecule has 0 bridgehead atoms. The number of aromatic nitrogens is 2. The van der Waals surface area contributed by atoms with Gasteiger partial charge in [0.2, 0.25) is 0 Å². The highest BCUT2D eigenvalue weighted by Gasteiger charge is 2.15. The minimum Gasteiger partial charge on any atom is -0.356 e. The number of anilines is 3. The number of nitrogens with one attached hydrogen (secondary N) is 1. The first kappa shape index (κ1) is 14.5. The molecule has 0 unspecified atom stereocenters. The molecule has 0 atom stereocenters. The van der Waals surface area contributed by atoms with E-state index in [0.717, 1.165) is 36.2 Å². The van der Waals surface area contributed by atoms with Crippen LogP contribution in [0.4, 0.5) is 17.3 Å². The number of nitrogens with zero attached hydrogens (tertiary/aromatic N) is 3. The first-order valence-corrected chi connectivity index (χ1v) is 7.60. The van der Waals surface area contributed by atoms with Gasteiger partial charge in [0.25, 0.3) is 0 Å². The summed E-state index contributed by atoms with van der Waals surface area (Å²) in [4.78, 5) is 22.6. The monoisotopic (exact) mass is 296 g/mol. The predicted molar refractivity (Wildman–Crippen MR) is 87.9 cm³/mol. The first-order valence-electron chi connectivity index (χ1n) is 7.60. The lowest BCUT2D eigenvalue weighted by atomic mass is 10.1. The van der Waals surface area contributed by atoms with Crippen LogP contribution in [0.2, 0.25) is 0 Å².